The Morgan fingerprint density at radius 3 is 2.65 bits per heavy atom. The van der Waals surface area contributed by atoms with Crippen molar-refractivity contribution >= 4 is 28.3 Å². The molecule has 0 bridgehead atoms. The first-order valence-electron chi connectivity index (χ1n) is 12.5. The molecule has 2 fully saturated rings. The SMILES string of the molecule is C#CCNC(=O)CC1c2nc(NC(=O)C3CCCCC3)sc2CC2C(C)(CO)C(O)CCC12C. The lowest BCUT2D eigenvalue weighted by atomic mass is 9.47. The molecule has 3 aliphatic rings. The van der Waals surface area contributed by atoms with Gasteiger partial charge in [-0.05, 0) is 43.4 Å². The zero-order valence-electron chi connectivity index (χ0n) is 20.2. The average molecular weight is 488 g/mol. The quantitative estimate of drug-likeness (QED) is 0.461. The number of thiazole rings is 1. The van der Waals surface area contributed by atoms with Gasteiger partial charge < -0.3 is 20.8 Å². The van der Waals surface area contributed by atoms with E-state index < -0.39 is 11.5 Å². The van der Waals surface area contributed by atoms with E-state index in [1.54, 1.807) is 0 Å². The fourth-order valence-corrected chi connectivity index (χ4v) is 7.75. The molecule has 8 heteroatoms. The van der Waals surface area contributed by atoms with Crippen molar-refractivity contribution in [1.29, 1.82) is 0 Å². The number of hydrogen-bond acceptors (Lipinski definition) is 6. The molecule has 2 saturated carbocycles. The van der Waals surface area contributed by atoms with Crippen LogP contribution in [-0.4, -0.2) is 46.3 Å². The summed E-state index contributed by atoms with van der Waals surface area (Å²) in [6.07, 6.45) is 12.1. The third-order valence-corrected chi connectivity index (χ3v) is 9.89. The number of anilines is 1. The Morgan fingerprint density at radius 1 is 1.24 bits per heavy atom. The van der Waals surface area contributed by atoms with Crippen molar-refractivity contribution in [3.8, 4) is 12.3 Å². The topological polar surface area (TPSA) is 112 Å². The maximum atomic E-state index is 12.9. The summed E-state index contributed by atoms with van der Waals surface area (Å²) in [5.41, 5.74) is -0.126. The molecule has 2 amide bonds. The number of fused-ring (bicyclic) bond motifs is 2. The molecule has 7 nitrogen and oxygen atoms in total. The Bertz CT molecular complexity index is 966. The highest BCUT2D eigenvalue weighted by Gasteiger charge is 2.59. The molecule has 3 aliphatic carbocycles. The summed E-state index contributed by atoms with van der Waals surface area (Å²) in [6, 6.07) is 0. The largest absolute Gasteiger partial charge is 0.396 e. The Morgan fingerprint density at radius 2 is 1.97 bits per heavy atom. The number of aliphatic hydroxyl groups is 2. The van der Waals surface area contributed by atoms with Crippen LogP contribution in [0.25, 0.3) is 0 Å². The van der Waals surface area contributed by atoms with E-state index >= 15 is 0 Å². The molecule has 4 rings (SSSR count). The number of terminal acetylenes is 1. The van der Waals surface area contributed by atoms with Gasteiger partial charge in [0.2, 0.25) is 11.8 Å². The van der Waals surface area contributed by atoms with Crippen molar-refractivity contribution in [2.24, 2.45) is 22.7 Å². The van der Waals surface area contributed by atoms with Crippen LogP contribution in [-0.2, 0) is 16.0 Å². The highest BCUT2D eigenvalue weighted by molar-refractivity contribution is 7.15. The van der Waals surface area contributed by atoms with Crippen LogP contribution < -0.4 is 10.6 Å². The maximum absolute atomic E-state index is 12.9. The molecule has 186 valence electrons. The molecule has 1 aromatic heterocycles. The molecule has 0 spiro atoms. The van der Waals surface area contributed by atoms with Crippen molar-refractivity contribution < 1.29 is 19.8 Å². The predicted molar refractivity (Wildman–Crippen MR) is 132 cm³/mol. The minimum absolute atomic E-state index is 0.0194. The first-order valence-corrected chi connectivity index (χ1v) is 13.3. The predicted octanol–water partition coefficient (Wildman–Crippen LogP) is 3.22. The number of aliphatic hydroxyl groups excluding tert-OH is 2. The first-order chi connectivity index (χ1) is 16.2. The zero-order chi connectivity index (χ0) is 24.5. The van der Waals surface area contributed by atoms with E-state index in [1.807, 2.05) is 6.92 Å². The Kier molecular flexibility index (Phi) is 7.37. The first kappa shape index (κ1) is 25.2. The van der Waals surface area contributed by atoms with Crippen molar-refractivity contribution in [2.45, 2.75) is 83.7 Å². The number of rotatable bonds is 6. The van der Waals surface area contributed by atoms with E-state index in [2.05, 4.69) is 23.5 Å². The molecule has 0 saturated heterocycles. The number of amides is 2. The number of aromatic nitrogens is 1. The van der Waals surface area contributed by atoms with Gasteiger partial charge in [0, 0.05) is 28.5 Å². The summed E-state index contributed by atoms with van der Waals surface area (Å²) in [5.74, 6) is 2.18. The van der Waals surface area contributed by atoms with Crippen LogP contribution in [0.5, 0.6) is 0 Å². The molecular weight excluding hydrogens is 450 g/mol. The zero-order valence-corrected chi connectivity index (χ0v) is 21.0. The molecule has 0 aromatic carbocycles. The fourth-order valence-electron chi connectivity index (χ4n) is 6.68. The molecular formula is C26H37N3O4S. The van der Waals surface area contributed by atoms with E-state index in [1.165, 1.54) is 17.8 Å². The summed E-state index contributed by atoms with van der Waals surface area (Å²) < 4.78 is 0. The van der Waals surface area contributed by atoms with Crippen molar-refractivity contribution in [3.63, 3.8) is 0 Å². The van der Waals surface area contributed by atoms with Crippen molar-refractivity contribution in [3.05, 3.63) is 10.6 Å². The van der Waals surface area contributed by atoms with Gasteiger partial charge in [-0.1, -0.05) is 39.0 Å². The second-order valence-electron chi connectivity index (χ2n) is 10.9. The molecule has 1 aromatic rings. The van der Waals surface area contributed by atoms with Crippen LogP contribution in [0.4, 0.5) is 5.13 Å². The van der Waals surface area contributed by atoms with Gasteiger partial charge in [-0.2, -0.15) is 0 Å². The van der Waals surface area contributed by atoms with Gasteiger partial charge in [0.05, 0.1) is 24.9 Å². The molecule has 0 radical (unpaired) electrons. The molecule has 0 aliphatic heterocycles. The normalized spacial score (nSPS) is 33.3. The van der Waals surface area contributed by atoms with E-state index in [-0.39, 0.29) is 54.6 Å². The van der Waals surface area contributed by atoms with Gasteiger partial charge in [0.1, 0.15) is 0 Å². The van der Waals surface area contributed by atoms with E-state index in [4.69, 9.17) is 11.4 Å². The smallest absolute Gasteiger partial charge is 0.229 e. The summed E-state index contributed by atoms with van der Waals surface area (Å²) in [4.78, 5) is 31.6. The summed E-state index contributed by atoms with van der Waals surface area (Å²) in [6.45, 7) is 4.17. The van der Waals surface area contributed by atoms with Gasteiger partial charge in [0.15, 0.2) is 5.13 Å². The van der Waals surface area contributed by atoms with Crippen LogP contribution >= 0.6 is 11.3 Å². The number of carbonyl (C=O) groups is 2. The molecule has 1 heterocycles. The van der Waals surface area contributed by atoms with E-state index in [0.29, 0.717) is 18.0 Å². The standard InChI is InChI=1S/C26H37N3O4S/c1-4-12-27-21(32)13-17-22-18(14-19-25(17,2)11-10-20(31)26(19,3)15-30)34-24(28-22)29-23(33)16-8-6-5-7-9-16/h1,16-17,19-20,30-31H,5-15H2,2-3H3,(H,27,32)(H,28,29,33). The third-order valence-electron chi connectivity index (χ3n) is 8.88. The number of nitrogens with one attached hydrogen (secondary N) is 2. The van der Waals surface area contributed by atoms with Crippen LogP contribution in [0.3, 0.4) is 0 Å². The van der Waals surface area contributed by atoms with E-state index in [0.717, 1.165) is 42.7 Å². The van der Waals surface area contributed by atoms with Gasteiger partial charge in [-0.25, -0.2) is 4.98 Å². The number of carbonyl (C=O) groups excluding carboxylic acids is 2. The number of nitrogens with zero attached hydrogens (tertiary/aromatic N) is 1. The molecule has 4 N–H and O–H groups in total. The van der Waals surface area contributed by atoms with Gasteiger partial charge >= 0.3 is 0 Å². The minimum atomic E-state index is -0.673. The Hall–Kier alpha value is -1.95. The Labute approximate surface area is 206 Å². The lowest BCUT2D eigenvalue weighted by Crippen LogP contribution is -2.57. The molecule has 5 atom stereocenters. The van der Waals surface area contributed by atoms with Gasteiger partial charge in [-0.3, -0.25) is 9.59 Å². The van der Waals surface area contributed by atoms with Crippen molar-refractivity contribution in [2.75, 3.05) is 18.5 Å². The average Bonchev–Trinajstić information content (AvgIpc) is 3.24. The van der Waals surface area contributed by atoms with E-state index in [9.17, 15) is 19.8 Å². The Balaban J connectivity index is 1.67. The second kappa shape index (κ2) is 9.96. The van der Waals surface area contributed by atoms with Crippen LogP contribution in [0.2, 0.25) is 0 Å². The van der Waals surface area contributed by atoms with Crippen LogP contribution in [0.15, 0.2) is 0 Å². The minimum Gasteiger partial charge on any atom is -0.396 e. The van der Waals surface area contributed by atoms with Crippen LogP contribution in [0.1, 0.15) is 81.7 Å². The summed E-state index contributed by atoms with van der Waals surface area (Å²) in [5, 5.41) is 27.6. The monoisotopic (exact) mass is 487 g/mol. The lowest BCUT2D eigenvalue weighted by Gasteiger charge is -2.58. The van der Waals surface area contributed by atoms with Gasteiger partial charge in [0.25, 0.3) is 0 Å². The lowest BCUT2D eigenvalue weighted by molar-refractivity contribution is -0.144. The summed E-state index contributed by atoms with van der Waals surface area (Å²) >= 11 is 1.47. The second-order valence-corrected chi connectivity index (χ2v) is 12.0. The highest BCUT2D eigenvalue weighted by Crippen LogP contribution is 2.62. The highest BCUT2D eigenvalue weighted by atomic mass is 32.1. The maximum Gasteiger partial charge on any atom is 0.229 e. The van der Waals surface area contributed by atoms with Crippen LogP contribution in [0, 0.1) is 35.0 Å². The molecule has 5 unspecified atom stereocenters. The van der Waals surface area contributed by atoms with Crippen molar-refractivity contribution in [1.82, 2.24) is 10.3 Å². The molecule has 34 heavy (non-hydrogen) atoms. The number of hydrogen-bond donors (Lipinski definition) is 4. The third kappa shape index (κ3) is 4.50. The van der Waals surface area contributed by atoms with Gasteiger partial charge in [-0.15, -0.1) is 17.8 Å². The fraction of sp³-hybridized carbons (Fsp3) is 0.731. The summed E-state index contributed by atoms with van der Waals surface area (Å²) in [7, 11) is 0.